The zero-order valence-electron chi connectivity index (χ0n) is 17.7. The van der Waals surface area contributed by atoms with Crippen molar-refractivity contribution in [3.05, 3.63) is 36.4 Å². The minimum Gasteiger partial charge on any atom is -0.494 e. The molecule has 6 heteroatoms. The maximum Gasteiger partial charge on any atom is 0.419 e. The third kappa shape index (κ3) is 4.36. The molecule has 1 amide bonds. The van der Waals surface area contributed by atoms with Gasteiger partial charge in [-0.3, -0.25) is 4.79 Å². The van der Waals surface area contributed by atoms with Crippen LogP contribution in [0.1, 0.15) is 40.5 Å². The topological polar surface area (TPSA) is 60.8 Å². The van der Waals surface area contributed by atoms with Gasteiger partial charge in [-0.15, -0.1) is 0 Å². The Balaban J connectivity index is 2.21. The Kier molecular flexibility index (Phi) is 5.82. The number of anilines is 1. The summed E-state index contributed by atoms with van der Waals surface area (Å²) in [7, 11) is 1.67. The summed E-state index contributed by atoms with van der Waals surface area (Å²) in [5.74, 6) is 0.712. The first-order valence-electron chi connectivity index (χ1n) is 9.87. The number of nitrogens with zero attached hydrogens (tertiary/aromatic N) is 2. The second-order valence-corrected chi connectivity index (χ2v) is 8.11. The van der Waals surface area contributed by atoms with E-state index < -0.39 is 11.7 Å². The molecule has 2 aromatic carbocycles. The lowest BCUT2D eigenvalue weighted by Crippen LogP contribution is -2.27. The lowest BCUT2D eigenvalue weighted by Gasteiger charge is -2.20. The van der Waals surface area contributed by atoms with E-state index in [2.05, 4.69) is 6.92 Å². The largest absolute Gasteiger partial charge is 0.494 e. The van der Waals surface area contributed by atoms with Crippen LogP contribution < -0.4 is 9.64 Å². The van der Waals surface area contributed by atoms with Crippen LogP contribution in [0.5, 0.6) is 5.75 Å². The van der Waals surface area contributed by atoms with Crippen LogP contribution in [0.4, 0.5) is 10.5 Å². The predicted molar refractivity (Wildman–Crippen MR) is 116 cm³/mol. The molecule has 29 heavy (non-hydrogen) atoms. The van der Waals surface area contributed by atoms with Crippen LogP contribution in [0.25, 0.3) is 21.8 Å². The van der Waals surface area contributed by atoms with Crippen molar-refractivity contribution >= 4 is 40.0 Å². The molecule has 1 aromatic heterocycles. The van der Waals surface area contributed by atoms with Crippen molar-refractivity contribution in [2.75, 3.05) is 18.6 Å². The summed E-state index contributed by atoms with van der Waals surface area (Å²) in [6, 6.07) is 11.4. The summed E-state index contributed by atoms with van der Waals surface area (Å²) in [4.78, 5) is 25.8. The van der Waals surface area contributed by atoms with Crippen LogP contribution in [0.15, 0.2) is 36.4 Å². The molecule has 154 valence electrons. The van der Waals surface area contributed by atoms with Gasteiger partial charge in [-0.1, -0.05) is 19.4 Å². The molecule has 1 heterocycles. The predicted octanol–water partition coefficient (Wildman–Crippen LogP) is 5.35. The normalized spacial score (nSPS) is 11.6. The standard InChI is InChI=1S/C23H28N2O4/c1-6-7-12-28-17-9-11-19-18-10-8-16(24(5)15-26)13-20(18)25(21(19)14-17)22(27)29-23(2,3)4/h8-11,13-15H,6-7,12H2,1-5H3. The Labute approximate surface area is 171 Å². The van der Waals surface area contributed by atoms with Gasteiger partial charge < -0.3 is 14.4 Å². The highest BCUT2D eigenvalue weighted by Crippen LogP contribution is 2.34. The highest BCUT2D eigenvalue weighted by atomic mass is 16.6. The van der Waals surface area contributed by atoms with Gasteiger partial charge >= 0.3 is 6.09 Å². The van der Waals surface area contributed by atoms with E-state index in [1.807, 2.05) is 57.2 Å². The lowest BCUT2D eigenvalue weighted by atomic mass is 10.1. The van der Waals surface area contributed by atoms with Crippen LogP contribution in [0.2, 0.25) is 0 Å². The van der Waals surface area contributed by atoms with Gasteiger partial charge in [0.1, 0.15) is 11.4 Å². The van der Waals surface area contributed by atoms with Crippen LogP contribution in [-0.4, -0.2) is 36.3 Å². The smallest absolute Gasteiger partial charge is 0.419 e. The van der Waals surface area contributed by atoms with Gasteiger partial charge in [0.25, 0.3) is 0 Å². The molecule has 0 fully saturated rings. The number of carbonyl (C=O) groups excluding carboxylic acids is 2. The van der Waals surface area contributed by atoms with Gasteiger partial charge in [0.15, 0.2) is 0 Å². The fraction of sp³-hybridized carbons (Fsp3) is 0.391. The number of amides is 1. The summed E-state index contributed by atoms with van der Waals surface area (Å²) in [6.45, 7) is 8.25. The average molecular weight is 396 g/mol. The number of benzene rings is 2. The number of hydrogen-bond donors (Lipinski definition) is 0. The van der Waals surface area contributed by atoms with E-state index in [0.29, 0.717) is 29.1 Å². The van der Waals surface area contributed by atoms with Gasteiger partial charge in [-0.25, -0.2) is 9.36 Å². The molecule has 0 N–H and O–H groups in total. The van der Waals surface area contributed by atoms with Crippen LogP contribution >= 0.6 is 0 Å². The number of rotatable bonds is 6. The molecule has 0 radical (unpaired) electrons. The van der Waals surface area contributed by atoms with E-state index in [-0.39, 0.29) is 0 Å². The highest BCUT2D eigenvalue weighted by molar-refractivity contribution is 6.13. The van der Waals surface area contributed by atoms with Gasteiger partial charge in [0.05, 0.1) is 17.6 Å². The molecular formula is C23H28N2O4. The first-order chi connectivity index (χ1) is 13.7. The maximum atomic E-state index is 13.1. The Bertz CT molecular complexity index is 1050. The number of fused-ring (bicyclic) bond motifs is 3. The highest BCUT2D eigenvalue weighted by Gasteiger charge is 2.23. The summed E-state index contributed by atoms with van der Waals surface area (Å²) in [5.41, 5.74) is 1.46. The molecular weight excluding hydrogens is 368 g/mol. The zero-order chi connectivity index (χ0) is 21.2. The van der Waals surface area contributed by atoms with Crippen molar-refractivity contribution < 1.29 is 19.1 Å². The molecule has 3 aromatic rings. The van der Waals surface area contributed by atoms with Crippen LogP contribution in [0.3, 0.4) is 0 Å². The Morgan fingerprint density at radius 3 is 2.38 bits per heavy atom. The number of carbonyl (C=O) groups is 2. The quantitative estimate of drug-likeness (QED) is 0.416. The molecule has 0 aliphatic rings. The van der Waals surface area contributed by atoms with E-state index in [1.165, 1.54) is 4.90 Å². The molecule has 0 saturated heterocycles. The van der Waals surface area contributed by atoms with Crippen molar-refractivity contribution in [2.45, 2.75) is 46.1 Å². The number of ether oxygens (including phenoxy) is 2. The average Bonchev–Trinajstić information content (AvgIpc) is 2.99. The summed E-state index contributed by atoms with van der Waals surface area (Å²) < 4.78 is 13.1. The van der Waals surface area contributed by atoms with E-state index in [9.17, 15) is 9.59 Å². The van der Waals surface area contributed by atoms with Gasteiger partial charge in [-0.2, -0.15) is 0 Å². The second kappa shape index (κ2) is 8.15. The van der Waals surface area contributed by atoms with Crippen molar-refractivity contribution in [1.29, 1.82) is 0 Å². The summed E-state index contributed by atoms with van der Waals surface area (Å²) >= 11 is 0. The maximum absolute atomic E-state index is 13.1. The van der Waals surface area contributed by atoms with Gasteiger partial charge in [0.2, 0.25) is 6.41 Å². The van der Waals surface area contributed by atoms with E-state index in [4.69, 9.17) is 9.47 Å². The number of unbranched alkanes of at least 4 members (excludes halogenated alkanes) is 1. The number of hydrogen-bond acceptors (Lipinski definition) is 4. The van der Waals surface area contributed by atoms with Crippen LogP contribution in [-0.2, 0) is 9.53 Å². The molecule has 0 atom stereocenters. The molecule has 6 nitrogen and oxygen atoms in total. The van der Waals surface area contributed by atoms with E-state index in [0.717, 1.165) is 30.0 Å². The molecule has 0 bridgehead atoms. The van der Waals surface area contributed by atoms with Gasteiger partial charge in [0, 0.05) is 29.6 Å². The minimum atomic E-state index is -0.633. The molecule has 0 saturated carbocycles. The Hall–Kier alpha value is -3.02. The van der Waals surface area contributed by atoms with Crippen molar-refractivity contribution in [2.24, 2.45) is 0 Å². The fourth-order valence-electron chi connectivity index (χ4n) is 3.20. The second-order valence-electron chi connectivity index (χ2n) is 8.11. The van der Waals surface area contributed by atoms with Crippen molar-refractivity contribution in [1.82, 2.24) is 4.57 Å². The van der Waals surface area contributed by atoms with E-state index >= 15 is 0 Å². The monoisotopic (exact) mass is 396 g/mol. The number of aromatic nitrogens is 1. The SMILES string of the molecule is CCCCOc1ccc2c3ccc(N(C)C=O)cc3n(C(=O)OC(C)(C)C)c2c1. The summed E-state index contributed by atoms with van der Waals surface area (Å²) in [5, 5.41) is 1.84. The summed E-state index contributed by atoms with van der Waals surface area (Å²) in [6.07, 6.45) is 2.29. The lowest BCUT2D eigenvalue weighted by molar-refractivity contribution is -0.107. The third-order valence-corrected chi connectivity index (χ3v) is 4.63. The third-order valence-electron chi connectivity index (χ3n) is 4.63. The van der Waals surface area contributed by atoms with Gasteiger partial charge in [-0.05, 0) is 51.5 Å². The minimum absolute atomic E-state index is 0.464. The zero-order valence-corrected chi connectivity index (χ0v) is 17.7. The first kappa shape index (κ1) is 20.7. The van der Waals surface area contributed by atoms with Crippen LogP contribution in [0, 0.1) is 0 Å². The Morgan fingerprint density at radius 1 is 1.10 bits per heavy atom. The molecule has 0 aliphatic carbocycles. The Morgan fingerprint density at radius 2 is 1.76 bits per heavy atom. The first-order valence-corrected chi connectivity index (χ1v) is 9.87. The fourth-order valence-corrected chi connectivity index (χ4v) is 3.20. The molecule has 0 spiro atoms. The molecule has 0 unspecified atom stereocenters. The molecule has 0 aliphatic heterocycles. The molecule has 3 rings (SSSR count). The van der Waals surface area contributed by atoms with E-state index in [1.54, 1.807) is 11.6 Å². The van der Waals surface area contributed by atoms with Crippen molar-refractivity contribution in [3.63, 3.8) is 0 Å². The van der Waals surface area contributed by atoms with Crippen molar-refractivity contribution in [3.8, 4) is 5.75 Å².